The van der Waals surface area contributed by atoms with E-state index in [0.29, 0.717) is 19.5 Å². The van der Waals surface area contributed by atoms with E-state index >= 15 is 0 Å². The van der Waals surface area contributed by atoms with Crippen molar-refractivity contribution in [1.82, 2.24) is 5.32 Å². The first-order chi connectivity index (χ1) is 7.10. The molecule has 0 aliphatic heterocycles. The van der Waals surface area contributed by atoms with Crippen LogP contribution < -0.4 is 22.5 Å². The van der Waals surface area contributed by atoms with Gasteiger partial charge in [0.15, 0.2) is 0 Å². The Hall–Kier alpha value is -0.240. The lowest BCUT2D eigenvalue weighted by atomic mass is 10.0. The van der Waals surface area contributed by atoms with Crippen LogP contribution in [0, 0.1) is 0 Å². The van der Waals surface area contributed by atoms with E-state index in [4.69, 9.17) is 27.4 Å². The van der Waals surface area contributed by atoms with E-state index in [0.717, 1.165) is 13.1 Å². The molecule has 0 aromatic carbocycles. The van der Waals surface area contributed by atoms with E-state index in [9.17, 15) is 0 Å². The minimum absolute atomic E-state index is 0.153. The lowest BCUT2D eigenvalue weighted by molar-refractivity contribution is 0.118. The minimum atomic E-state index is -0.764. The number of nitrogens with two attached hydrogens (primary N) is 3. The minimum Gasteiger partial charge on any atom is -0.394 e. The lowest BCUT2D eigenvalue weighted by Crippen LogP contribution is -2.46. The van der Waals surface area contributed by atoms with Gasteiger partial charge < -0.3 is 32.7 Å². The highest BCUT2D eigenvalue weighted by Crippen LogP contribution is 2.01. The van der Waals surface area contributed by atoms with E-state index in [-0.39, 0.29) is 13.2 Å². The van der Waals surface area contributed by atoms with Crippen molar-refractivity contribution in [3.05, 3.63) is 0 Å². The van der Waals surface area contributed by atoms with Crippen LogP contribution in [0.1, 0.15) is 13.3 Å². The molecule has 0 heterocycles. The van der Waals surface area contributed by atoms with Gasteiger partial charge in [0.05, 0.1) is 18.8 Å². The Bertz CT molecular complexity index is 108. The molecule has 0 fully saturated rings. The van der Waals surface area contributed by atoms with E-state index < -0.39 is 5.54 Å². The van der Waals surface area contributed by atoms with Gasteiger partial charge in [-0.1, -0.05) is 6.92 Å². The van der Waals surface area contributed by atoms with Crippen molar-refractivity contribution in [3.8, 4) is 0 Å². The Kier molecular flexibility index (Phi) is 13.5. The van der Waals surface area contributed by atoms with E-state index in [1.807, 2.05) is 6.92 Å². The van der Waals surface area contributed by atoms with Crippen molar-refractivity contribution < 1.29 is 10.2 Å². The van der Waals surface area contributed by atoms with Crippen LogP contribution in [0.25, 0.3) is 0 Å². The van der Waals surface area contributed by atoms with Crippen molar-refractivity contribution in [1.29, 1.82) is 0 Å². The van der Waals surface area contributed by atoms with Gasteiger partial charge in [-0.25, -0.2) is 0 Å². The molecule has 0 bridgehead atoms. The second kappa shape index (κ2) is 11.8. The Morgan fingerprint density at radius 3 is 1.60 bits per heavy atom. The zero-order valence-electron chi connectivity index (χ0n) is 9.58. The third-order valence-electron chi connectivity index (χ3n) is 1.98. The average molecular weight is 222 g/mol. The van der Waals surface area contributed by atoms with Gasteiger partial charge in [-0.05, 0) is 6.42 Å². The highest BCUT2D eigenvalue weighted by molar-refractivity contribution is 4.79. The third-order valence-corrected chi connectivity index (χ3v) is 1.98. The summed E-state index contributed by atoms with van der Waals surface area (Å²) in [5, 5.41) is 20.0. The molecule has 0 unspecified atom stereocenters. The Morgan fingerprint density at radius 2 is 1.47 bits per heavy atom. The zero-order chi connectivity index (χ0) is 12.2. The number of hydrogen-bond acceptors (Lipinski definition) is 6. The summed E-state index contributed by atoms with van der Waals surface area (Å²) >= 11 is 0. The summed E-state index contributed by atoms with van der Waals surface area (Å²) in [7, 11) is 0. The molecule has 0 atom stereocenters. The number of aliphatic hydroxyl groups excluding tert-OH is 2. The highest BCUT2D eigenvalue weighted by Gasteiger charge is 2.19. The zero-order valence-corrected chi connectivity index (χ0v) is 9.58. The maximum atomic E-state index is 8.50. The van der Waals surface area contributed by atoms with Crippen molar-refractivity contribution in [3.63, 3.8) is 0 Å². The van der Waals surface area contributed by atoms with Crippen molar-refractivity contribution in [2.24, 2.45) is 17.2 Å². The topological polar surface area (TPSA) is 131 Å². The predicted molar refractivity (Wildman–Crippen MR) is 62.4 cm³/mol. The molecule has 94 valence electrons. The second-order valence-electron chi connectivity index (χ2n) is 3.36. The summed E-state index contributed by atoms with van der Waals surface area (Å²) in [4.78, 5) is 0. The van der Waals surface area contributed by atoms with Gasteiger partial charge in [-0.3, -0.25) is 0 Å². The third kappa shape index (κ3) is 11.7. The number of aliphatic hydroxyl groups is 2. The van der Waals surface area contributed by atoms with Crippen molar-refractivity contribution in [2.45, 2.75) is 18.9 Å². The van der Waals surface area contributed by atoms with E-state index in [2.05, 4.69) is 5.32 Å². The molecule has 9 N–H and O–H groups in total. The van der Waals surface area contributed by atoms with Gasteiger partial charge in [0, 0.05) is 26.2 Å². The molecule has 0 radical (unpaired) electrons. The monoisotopic (exact) mass is 222 g/mol. The normalized spacial score (nSPS) is 10.8. The van der Waals surface area contributed by atoms with Gasteiger partial charge in [-0.2, -0.15) is 0 Å². The Balaban J connectivity index is 0. The molecule has 0 aromatic rings. The van der Waals surface area contributed by atoms with E-state index in [1.165, 1.54) is 0 Å². The summed E-state index contributed by atoms with van der Waals surface area (Å²) in [6, 6.07) is 0. The molecule has 15 heavy (non-hydrogen) atoms. The molecule has 0 rings (SSSR count). The molecule has 0 aromatic heterocycles. The molecule has 0 amide bonds. The summed E-state index contributed by atoms with van der Waals surface area (Å²) in [5.74, 6) is 0. The number of nitrogens with one attached hydrogen (secondary N) is 1. The highest BCUT2D eigenvalue weighted by atomic mass is 16.3. The number of hydrogen-bond donors (Lipinski definition) is 6. The number of rotatable bonds is 7. The fourth-order valence-corrected chi connectivity index (χ4v) is 0.603. The first-order valence-electron chi connectivity index (χ1n) is 5.21. The molecule has 0 aliphatic carbocycles. The fraction of sp³-hybridized carbons (Fsp3) is 1.00. The lowest BCUT2D eigenvalue weighted by Gasteiger charge is -2.21. The smallest absolute Gasteiger partial charge is 0.0633 e. The van der Waals surface area contributed by atoms with Crippen molar-refractivity contribution >= 4 is 0 Å². The van der Waals surface area contributed by atoms with Gasteiger partial charge in [0.25, 0.3) is 0 Å². The largest absolute Gasteiger partial charge is 0.394 e. The molecule has 0 spiro atoms. The predicted octanol–water partition coefficient (Wildman–Crippen LogP) is -2.43. The Labute approximate surface area is 91.8 Å². The molecule has 0 aliphatic rings. The first kappa shape index (κ1) is 17.2. The molecular weight excluding hydrogens is 196 g/mol. The van der Waals surface area contributed by atoms with Crippen LogP contribution in [0.3, 0.4) is 0 Å². The van der Waals surface area contributed by atoms with Crippen LogP contribution in [0.2, 0.25) is 0 Å². The molecule has 6 heteroatoms. The summed E-state index contributed by atoms with van der Waals surface area (Å²) in [5.41, 5.74) is 15.0. The maximum Gasteiger partial charge on any atom is 0.0633 e. The van der Waals surface area contributed by atoms with Crippen LogP contribution in [0.4, 0.5) is 0 Å². The molecule has 0 saturated heterocycles. The molecule has 6 nitrogen and oxygen atoms in total. The van der Waals surface area contributed by atoms with Gasteiger partial charge in [-0.15, -0.1) is 0 Å². The van der Waals surface area contributed by atoms with Crippen LogP contribution in [0.5, 0.6) is 0 Å². The van der Waals surface area contributed by atoms with Crippen LogP contribution in [-0.4, -0.2) is 55.1 Å². The van der Waals surface area contributed by atoms with Crippen LogP contribution in [0.15, 0.2) is 0 Å². The standard InChI is InChI=1S/C5H13NO2.C4H13N3/c1-2-5(6,3-7)4-8;5-1-3-7-4-2-6/h7-8H,2-4,6H2,1H3;7H,1-6H2. The van der Waals surface area contributed by atoms with Crippen molar-refractivity contribution in [2.75, 3.05) is 39.4 Å². The second-order valence-corrected chi connectivity index (χ2v) is 3.36. The molecular formula is C9H26N4O2. The first-order valence-corrected chi connectivity index (χ1v) is 5.21. The summed E-state index contributed by atoms with van der Waals surface area (Å²) < 4.78 is 0. The average Bonchev–Trinajstić information content (AvgIpc) is 2.30. The van der Waals surface area contributed by atoms with Crippen LogP contribution >= 0.6 is 0 Å². The van der Waals surface area contributed by atoms with Gasteiger partial charge in [0.2, 0.25) is 0 Å². The summed E-state index contributed by atoms with van der Waals surface area (Å²) in [6.07, 6.45) is 0.597. The molecule has 0 saturated carbocycles. The summed E-state index contributed by atoms with van der Waals surface area (Å²) in [6.45, 7) is 4.65. The van der Waals surface area contributed by atoms with Gasteiger partial charge in [0.1, 0.15) is 0 Å². The van der Waals surface area contributed by atoms with Gasteiger partial charge >= 0.3 is 0 Å². The quantitative estimate of drug-likeness (QED) is 0.266. The SMILES string of the molecule is CCC(N)(CO)CO.NCCNCCN. The van der Waals surface area contributed by atoms with E-state index in [1.54, 1.807) is 0 Å². The Morgan fingerprint density at radius 1 is 1.07 bits per heavy atom. The maximum absolute atomic E-state index is 8.50. The van der Waals surface area contributed by atoms with Crippen LogP contribution in [-0.2, 0) is 0 Å². The fourth-order valence-electron chi connectivity index (χ4n) is 0.603.